The van der Waals surface area contributed by atoms with Gasteiger partial charge in [-0.05, 0) is 18.9 Å². The molecule has 0 atom stereocenters. The van der Waals surface area contributed by atoms with Gasteiger partial charge in [0.1, 0.15) is 0 Å². The smallest absolute Gasteiger partial charge is 0.0557 e. The van der Waals surface area contributed by atoms with Crippen LogP contribution < -0.4 is 5.73 Å². The summed E-state index contributed by atoms with van der Waals surface area (Å²) in [5.74, 6) is 0.759. The molecule has 2 aliphatic rings. The third-order valence-electron chi connectivity index (χ3n) is 3.49. The van der Waals surface area contributed by atoms with E-state index in [0.29, 0.717) is 5.41 Å². The van der Waals surface area contributed by atoms with Crippen molar-refractivity contribution in [3.05, 3.63) is 0 Å². The quantitative estimate of drug-likeness (QED) is 0.683. The van der Waals surface area contributed by atoms with Crippen molar-refractivity contribution in [3.63, 3.8) is 0 Å². The Bertz CT molecular complexity index is 168. The summed E-state index contributed by atoms with van der Waals surface area (Å²) in [7, 11) is 0. The van der Waals surface area contributed by atoms with E-state index in [9.17, 15) is 0 Å². The summed E-state index contributed by atoms with van der Waals surface area (Å²) >= 11 is 0. The van der Waals surface area contributed by atoms with Crippen molar-refractivity contribution in [3.8, 4) is 0 Å². The van der Waals surface area contributed by atoms with E-state index in [4.69, 9.17) is 10.5 Å². The summed E-state index contributed by atoms with van der Waals surface area (Å²) in [6.07, 6.45) is 1.25. The molecule has 3 heteroatoms. The fraction of sp³-hybridized carbons (Fsp3) is 1.00. The summed E-state index contributed by atoms with van der Waals surface area (Å²) in [6.45, 7) is 8.69. The Hall–Kier alpha value is -0.120. The van der Waals surface area contributed by atoms with Crippen LogP contribution in [-0.2, 0) is 4.74 Å². The average molecular weight is 184 g/mol. The monoisotopic (exact) mass is 184 g/mol. The molecular formula is C10H20N2O. The van der Waals surface area contributed by atoms with Crippen molar-refractivity contribution in [2.45, 2.75) is 13.3 Å². The normalized spacial score (nSPS) is 28.2. The van der Waals surface area contributed by atoms with E-state index >= 15 is 0 Å². The number of ether oxygens (including phenoxy) is 1. The van der Waals surface area contributed by atoms with Gasteiger partial charge in [0.2, 0.25) is 0 Å². The van der Waals surface area contributed by atoms with Crippen LogP contribution in [0.1, 0.15) is 13.3 Å². The average Bonchev–Trinajstić information content (AvgIpc) is 2.00. The third kappa shape index (κ3) is 1.73. The highest BCUT2D eigenvalue weighted by Crippen LogP contribution is 2.33. The van der Waals surface area contributed by atoms with Crippen molar-refractivity contribution in [2.75, 3.05) is 39.4 Å². The first-order valence-electron chi connectivity index (χ1n) is 5.28. The molecule has 0 amide bonds. The molecule has 0 unspecified atom stereocenters. The van der Waals surface area contributed by atoms with E-state index in [2.05, 4.69) is 11.8 Å². The van der Waals surface area contributed by atoms with Crippen molar-refractivity contribution < 1.29 is 4.74 Å². The Morgan fingerprint density at radius 2 is 2.15 bits per heavy atom. The maximum Gasteiger partial charge on any atom is 0.0557 e. The van der Waals surface area contributed by atoms with Gasteiger partial charge in [-0.15, -0.1) is 0 Å². The number of likely N-dealkylation sites (tertiary alicyclic amines) is 1. The summed E-state index contributed by atoms with van der Waals surface area (Å²) in [4.78, 5) is 2.52. The first kappa shape index (κ1) is 9.44. The van der Waals surface area contributed by atoms with Gasteiger partial charge in [-0.2, -0.15) is 0 Å². The second kappa shape index (κ2) is 3.56. The van der Waals surface area contributed by atoms with Gasteiger partial charge in [0.25, 0.3) is 0 Å². The zero-order valence-corrected chi connectivity index (χ0v) is 8.46. The molecule has 0 aliphatic carbocycles. The number of nitrogens with zero attached hydrogens (tertiary/aromatic N) is 1. The minimum Gasteiger partial charge on any atom is -0.380 e. The summed E-state index contributed by atoms with van der Waals surface area (Å²) < 4.78 is 5.30. The maximum atomic E-state index is 5.59. The molecule has 0 aromatic carbocycles. The number of hydrogen-bond donors (Lipinski definition) is 1. The molecule has 0 saturated carbocycles. The molecule has 76 valence electrons. The van der Waals surface area contributed by atoms with Gasteiger partial charge in [-0.3, -0.25) is 0 Å². The fourth-order valence-corrected chi connectivity index (χ4v) is 2.23. The van der Waals surface area contributed by atoms with Crippen LogP contribution in [0.25, 0.3) is 0 Å². The zero-order valence-electron chi connectivity index (χ0n) is 8.46. The second-order valence-corrected chi connectivity index (χ2v) is 4.64. The molecule has 0 radical (unpaired) electrons. The lowest BCUT2D eigenvalue weighted by atomic mass is 9.81. The van der Waals surface area contributed by atoms with Crippen LogP contribution in [0.2, 0.25) is 0 Å². The van der Waals surface area contributed by atoms with E-state index in [0.717, 1.165) is 25.7 Å². The molecule has 2 rings (SSSR count). The number of hydrogen-bond acceptors (Lipinski definition) is 3. The molecule has 13 heavy (non-hydrogen) atoms. The molecular weight excluding hydrogens is 164 g/mol. The summed E-state index contributed by atoms with van der Waals surface area (Å²) in [5.41, 5.74) is 6.07. The first-order valence-corrected chi connectivity index (χ1v) is 5.28. The van der Waals surface area contributed by atoms with Crippen LogP contribution in [0.15, 0.2) is 0 Å². The van der Waals surface area contributed by atoms with Crippen LogP contribution in [0.5, 0.6) is 0 Å². The standard InChI is InChI=1S/C10H20N2O/c1-2-10(7-13-8-10)6-12-4-9(3-11)5-12/h9H,2-8,11H2,1H3. The second-order valence-electron chi connectivity index (χ2n) is 4.64. The van der Waals surface area contributed by atoms with E-state index in [1.165, 1.54) is 26.1 Å². The highest BCUT2D eigenvalue weighted by Gasteiger charge is 2.40. The van der Waals surface area contributed by atoms with Gasteiger partial charge in [0.15, 0.2) is 0 Å². The van der Waals surface area contributed by atoms with Crippen molar-refractivity contribution >= 4 is 0 Å². The maximum absolute atomic E-state index is 5.59. The Labute approximate surface area is 80.2 Å². The molecule has 0 aromatic rings. The van der Waals surface area contributed by atoms with Gasteiger partial charge in [0, 0.05) is 25.0 Å². The summed E-state index contributed by atoms with van der Waals surface area (Å²) in [6, 6.07) is 0. The highest BCUT2D eigenvalue weighted by atomic mass is 16.5. The van der Waals surface area contributed by atoms with Gasteiger partial charge in [-0.25, -0.2) is 0 Å². The van der Waals surface area contributed by atoms with Crippen LogP contribution in [-0.4, -0.2) is 44.3 Å². The van der Waals surface area contributed by atoms with E-state index in [1.807, 2.05) is 0 Å². The van der Waals surface area contributed by atoms with E-state index in [1.54, 1.807) is 0 Å². The zero-order chi connectivity index (χ0) is 9.31. The molecule has 2 heterocycles. The minimum absolute atomic E-state index is 0.486. The third-order valence-corrected chi connectivity index (χ3v) is 3.49. The predicted molar refractivity (Wildman–Crippen MR) is 52.5 cm³/mol. The molecule has 0 spiro atoms. The molecule has 0 aromatic heterocycles. The van der Waals surface area contributed by atoms with Crippen LogP contribution >= 0.6 is 0 Å². The summed E-state index contributed by atoms with van der Waals surface area (Å²) in [5, 5.41) is 0. The lowest BCUT2D eigenvalue weighted by molar-refractivity contribution is -0.138. The molecule has 0 bridgehead atoms. The lowest BCUT2D eigenvalue weighted by Gasteiger charge is -2.49. The van der Waals surface area contributed by atoms with Gasteiger partial charge in [-0.1, -0.05) is 6.92 Å². The number of nitrogens with two attached hydrogens (primary N) is 1. The van der Waals surface area contributed by atoms with Crippen molar-refractivity contribution in [1.82, 2.24) is 4.90 Å². The van der Waals surface area contributed by atoms with Gasteiger partial charge in [0.05, 0.1) is 13.2 Å². The lowest BCUT2D eigenvalue weighted by Crippen LogP contribution is -2.58. The van der Waals surface area contributed by atoms with Crippen LogP contribution in [0.3, 0.4) is 0 Å². The Morgan fingerprint density at radius 3 is 2.54 bits per heavy atom. The predicted octanol–water partition coefficient (Wildman–Crippen LogP) is 0.304. The Morgan fingerprint density at radius 1 is 1.46 bits per heavy atom. The Kier molecular flexibility index (Phi) is 2.58. The van der Waals surface area contributed by atoms with Gasteiger partial charge >= 0.3 is 0 Å². The fourth-order valence-electron chi connectivity index (χ4n) is 2.23. The molecule has 2 fully saturated rings. The van der Waals surface area contributed by atoms with Crippen molar-refractivity contribution in [2.24, 2.45) is 17.1 Å². The van der Waals surface area contributed by atoms with Crippen molar-refractivity contribution in [1.29, 1.82) is 0 Å². The highest BCUT2D eigenvalue weighted by molar-refractivity contribution is 4.91. The topological polar surface area (TPSA) is 38.5 Å². The molecule has 2 aliphatic heterocycles. The molecule has 2 saturated heterocycles. The van der Waals surface area contributed by atoms with E-state index in [-0.39, 0.29) is 0 Å². The molecule has 3 nitrogen and oxygen atoms in total. The van der Waals surface area contributed by atoms with Crippen LogP contribution in [0.4, 0.5) is 0 Å². The number of rotatable bonds is 4. The first-order chi connectivity index (χ1) is 6.28. The molecule has 2 N–H and O–H groups in total. The largest absolute Gasteiger partial charge is 0.380 e. The van der Waals surface area contributed by atoms with Crippen LogP contribution in [0, 0.1) is 11.3 Å². The minimum atomic E-state index is 0.486. The van der Waals surface area contributed by atoms with E-state index < -0.39 is 0 Å². The van der Waals surface area contributed by atoms with Gasteiger partial charge < -0.3 is 15.4 Å². The Balaban J connectivity index is 1.73. The SMILES string of the molecule is CCC1(CN2CC(CN)C2)COC1.